The van der Waals surface area contributed by atoms with Gasteiger partial charge in [0.15, 0.2) is 5.82 Å². The van der Waals surface area contributed by atoms with Crippen LogP contribution in [-0.4, -0.2) is 51.3 Å². The van der Waals surface area contributed by atoms with Gasteiger partial charge in [-0.3, -0.25) is 5.32 Å². The maximum absolute atomic E-state index is 11.9. The number of rotatable bonds is 5. The van der Waals surface area contributed by atoms with E-state index in [4.69, 9.17) is 24.2 Å². The second-order valence-electron chi connectivity index (χ2n) is 8.34. The summed E-state index contributed by atoms with van der Waals surface area (Å²) in [6.07, 6.45) is 0.869. The molecule has 0 aromatic carbocycles. The highest BCUT2D eigenvalue weighted by molar-refractivity contribution is 5.88. The molecule has 1 aliphatic heterocycles. The molecule has 1 saturated heterocycles. The molecule has 0 spiro atoms. The average Bonchev–Trinajstić information content (AvgIpc) is 3.33. The van der Waals surface area contributed by atoms with E-state index in [-0.39, 0.29) is 24.9 Å². The number of carbonyl (C=O) groups excluding carboxylic acids is 2. The molecule has 11 nitrogen and oxygen atoms in total. The molecule has 1 amide bonds. The van der Waals surface area contributed by atoms with E-state index >= 15 is 0 Å². The topological polar surface area (TPSA) is 137 Å². The van der Waals surface area contributed by atoms with Gasteiger partial charge in [-0.15, -0.1) is 0 Å². The van der Waals surface area contributed by atoms with Crippen molar-refractivity contribution in [3.05, 3.63) is 24.2 Å². The van der Waals surface area contributed by atoms with Crippen LogP contribution in [0, 0.1) is 11.8 Å². The summed E-state index contributed by atoms with van der Waals surface area (Å²) in [5.41, 5.74) is 0.853. The van der Waals surface area contributed by atoms with E-state index < -0.39 is 17.8 Å². The number of nitrogens with zero attached hydrogens (tertiary/aromatic N) is 4. The molecule has 0 saturated carbocycles. The number of aromatic nitrogens is 3. The van der Waals surface area contributed by atoms with Crippen LogP contribution < -0.4 is 5.32 Å². The number of nitriles is 1. The summed E-state index contributed by atoms with van der Waals surface area (Å²) in [5, 5.41) is 13.4. The first-order valence-electron chi connectivity index (χ1n) is 10.2. The number of ether oxygens (including phenoxy) is 4. The minimum absolute atomic E-state index is 0.123. The summed E-state index contributed by atoms with van der Waals surface area (Å²) < 4.78 is 23.1. The van der Waals surface area contributed by atoms with Crippen LogP contribution in [0.3, 0.4) is 0 Å². The van der Waals surface area contributed by atoms with E-state index in [2.05, 4.69) is 22.0 Å². The summed E-state index contributed by atoms with van der Waals surface area (Å²) in [6, 6.07) is 3.69. The molecule has 0 aliphatic carbocycles. The van der Waals surface area contributed by atoms with Crippen molar-refractivity contribution in [3.63, 3.8) is 0 Å². The Morgan fingerprint density at radius 3 is 2.69 bits per heavy atom. The fraction of sp³-hybridized carbons (Fsp3) is 0.571. The molecular weight excluding hydrogens is 418 g/mol. The molecule has 174 valence electrons. The third-order valence-corrected chi connectivity index (χ3v) is 4.26. The van der Waals surface area contributed by atoms with Gasteiger partial charge in [-0.1, -0.05) is 0 Å². The highest BCUT2D eigenvalue weighted by Crippen LogP contribution is 2.34. The molecule has 0 radical (unpaired) electrons. The van der Waals surface area contributed by atoms with Crippen molar-refractivity contribution >= 4 is 23.6 Å². The largest absolute Gasteiger partial charge is 0.508 e. The number of amides is 1. The van der Waals surface area contributed by atoms with E-state index in [1.165, 1.54) is 6.33 Å². The van der Waals surface area contributed by atoms with Gasteiger partial charge in [0.25, 0.3) is 0 Å². The fourth-order valence-corrected chi connectivity index (χ4v) is 3.12. The van der Waals surface area contributed by atoms with Crippen LogP contribution in [0.4, 0.5) is 15.4 Å². The molecule has 2 unspecified atom stereocenters. The van der Waals surface area contributed by atoms with Crippen molar-refractivity contribution in [2.75, 3.05) is 11.9 Å². The Morgan fingerprint density at radius 1 is 1.31 bits per heavy atom. The van der Waals surface area contributed by atoms with Gasteiger partial charge in [-0.2, -0.15) is 5.10 Å². The maximum Gasteiger partial charge on any atom is 0.508 e. The second kappa shape index (κ2) is 10.8. The van der Waals surface area contributed by atoms with Crippen molar-refractivity contribution in [1.29, 1.82) is 5.26 Å². The van der Waals surface area contributed by atoms with Crippen LogP contribution in [0.1, 0.15) is 59.3 Å². The Kier molecular flexibility index (Phi) is 8.37. The lowest BCUT2D eigenvalue weighted by atomic mass is 10.1. The summed E-state index contributed by atoms with van der Waals surface area (Å²) >= 11 is 0. The Morgan fingerprint density at radius 2 is 2.03 bits per heavy atom. The summed E-state index contributed by atoms with van der Waals surface area (Å²) in [5.74, 6) is 0.352. The van der Waals surface area contributed by atoms with Gasteiger partial charge in [0.05, 0.1) is 17.9 Å². The van der Waals surface area contributed by atoms with Crippen molar-refractivity contribution < 1.29 is 28.5 Å². The first-order valence-corrected chi connectivity index (χ1v) is 10.2. The number of carbonyl (C=O) groups is 2. The van der Waals surface area contributed by atoms with Crippen molar-refractivity contribution in [2.24, 2.45) is 0 Å². The lowest BCUT2D eigenvalue weighted by Crippen LogP contribution is -2.27. The number of hydrogen-bond acceptors (Lipinski definition) is 9. The monoisotopic (exact) mass is 447 g/mol. The van der Waals surface area contributed by atoms with Crippen molar-refractivity contribution in [1.82, 2.24) is 14.6 Å². The third kappa shape index (κ3) is 6.81. The van der Waals surface area contributed by atoms with Crippen LogP contribution in [0.2, 0.25) is 0 Å². The molecular formula is C21H29N5O6. The molecule has 2 aromatic heterocycles. The maximum atomic E-state index is 11.9. The highest BCUT2D eigenvalue weighted by atomic mass is 16.7. The van der Waals surface area contributed by atoms with Crippen molar-refractivity contribution in [3.8, 4) is 6.57 Å². The van der Waals surface area contributed by atoms with Crippen LogP contribution >= 0.6 is 0 Å². The van der Waals surface area contributed by atoms with Gasteiger partial charge in [0, 0.05) is 6.57 Å². The van der Waals surface area contributed by atoms with Gasteiger partial charge < -0.3 is 18.9 Å². The van der Waals surface area contributed by atoms with Crippen LogP contribution in [-0.2, 0) is 18.9 Å². The Hall–Kier alpha value is -3.39. The second-order valence-corrected chi connectivity index (χ2v) is 8.34. The number of hydrogen-bond donors (Lipinski definition) is 1. The first kappa shape index (κ1) is 24.9. The summed E-state index contributed by atoms with van der Waals surface area (Å²) in [7, 11) is 0. The number of nitrogens with one attached hydrogen (secondary N) is 1. The van der Waals surface area contributed by atoms with E-state index in [0.717, 1.165) is 18.5 Å². The summed E-state index contributed by atoms with van der Waals surface area (Å²) in [4.78, 5) is 27.8. The predicted octanol–water partition coefficient (Wildman–Crippen LogP) is 4.00. The van der Waals surface area contributed by atoms with Gasteiger partial charge in [-0.05, 0) is 59.6 Å². The minimum atomic E-state index is -0.709. The normalized spacial score (nSPS) is 18.0. The smallest absolute Gasteiger partial charge is 0.447 e. The van der Waals surface area contributed by atoms with Crippen LogP contribution in [0.15, 0.2) is 18.5 Å². The van der Waals surface area contributed by atoms with Gasteiger partial charge in [0.2, 0.25) is 0 Å². The van der Waals surface area contributed by atoms with Crippen molar-refractivity contribution in [2.45, 2.75) is 71.4 Å². The highest BCUT2D eigenvalue weighted by Gasteiger charge is 2.30. The van der Waals surface area contributed by atoms with E-state index in [1.54, 1.807) is 39.1 Å². The number of anilines is 1. The molecule has 32 heavy (non-hydrogen) atoms. The van der Waals surface area contributed by atoms with Gasteiger partial charge in [-0.25, -0.2) is 24.4 Å². The van der Waals surface area contributed by atoms with Gasteiger partial charge in [0.1, 0.15) is 30.2 Å². The zero-order chi connectivity index (χ0) is 23.9. The van der Waals surface area contributed by atoms with Crippen LogP contribution in [0.25, 0.3) is 5.52 Å². The standard InChI is InChI=1S/C20H28N4O6.CHN/c1-12(2)28-18(25)23-17-15-8-7-14(24(15)22-11-21-17)16-9-6-13(29-16)10-27-19(26)30-20(3,4)5;1-2/h7-8,11-13,16H,6,9-10H2,1-5H3,(H,21,22,23,25);1H. The van der Waals surface area contributed by atoms with E-state index in [9.17, 15) is 9.59 Å². The predicted molar refractivity (Wildman–Crippen MR) is 114 cm³/mol. The Bertz CT molecular complexity index is 949. The summed E-state index contributed by atoms with van der Waals surface area (Å²) in [6.45, 7) is 12.5. The lowest BCUT2D eigenvalue weighted by Gasteiger charge is -2.20. The molecule has 2 atom stereocenters. The Balaban J connectivity index is 0.00000176. The molecule has 0 bridgehead atoms. The molecule has 1 N–H and O–H groups in total. The van der Waals surface area contributed by atoms with Crippen LogP contribution in [0.5, 0.6) is 0 Å². The number of fused-ring (bicyclic) bond motifs is 1. The molecule has 3 heterocycles. The first-order chi connectivity index (χ1) is 15.1. The minimum Gasteiger partial charge on any atom is -0.447 e. The third-order valence-electron chi connectivity index (χ3n) is 4.26. The molecule has 2 aromatic rings. The molecule has 11 heteroatoms. The quantitative estimate of drug-likeness (QED) is 0.674. The Labute approximate surface area is 186 Å². The molecule has 3 rings (SSSR count). The SMILES string of the molecule is C#N.CC(C)OC(=O)Nc1ncnn2c(C3CCC(COC(=O)OC(C)(C)C)O3)ccc12. The van der Waals surface area contributed by atoms with E-state index in [1.807, 2.05) is 12.1 Å². The van der Waals surface area contributed by atoms with E-state index in [0.29, 0.717) is 11.3 Å². The fourth-order valence-electron chi connectivity index (χ4n) is 3.12. The molecule has 1 aliphatic rings. The zero-order valence-electron chi connectivity index (χ0n) is 18.9. The average molecular weight is 447 g/mol. The molecule has 1 fully saturated rings. The van der Waals surface area contributed by atoms with Gasteiger partial charge >= 0.3 is 12.2 Å². The zero-order valence-corrected chi connectivity index (χ0v) is 18.9. The lowest BCUT2D eigenvalue weighted by molar-refractivity contribution is -0.0410.